The summed E-state index contributed by atoms with van der Waals surface area (Å²) >= 11 is 2.03. The van der Waals surface area contributed by atoms with Gasteiger partial charge in [-0.05, 0) is 59.4 Å². The van der Waals surface area contributed by atoms with E-state index in [2.05, 4.69) is 4.72 Å². The first-order valence-electron chi connectivity index (χ1n) is 9.11. The fourth-order valence-electron chi connectivity index (χ4n) is 2.44. The summed E-state index contributed by atoms with van der Waals surface area (Å²) in [6.45, 7) is 8.05. The van der Waals surface area contributed by atoms with Crippen LogP contribution in [0.4, 0.5) is 4.39 Å². The molecule has 27 heavy (non-hydrogen) atoms. The highest BCUT2D eigenvalue weighted by atomic mass is 127. The first-order chi connectivity index (χ1) is 13.0. The third-order valence-corrected chi connectivity index (χ3v) is 4.74. The molecule has 0 radical (unpaired) electrons. The molecule has 0 aliphatic carbocycles. The van der Waals surface area contributed by atoms with Gasteiger partial charge in [0.15, 0.2) is 0 Å². The Balaban J connectivity index is 0.00000326. The Bertz CT molecular complexity index is 545. The summed E-state index contributed by atoms with van der Waals surface area (Å²) in [4.78, 5) is 24.2. The second-order valence-electron chi connectivity index (χ2n) is 5.36. The summed E-state index contributed by atoms with van der Waals surface area (Å²) in [6.07, 6.45) is 1.30. The Morgan fingerprint density at radius 2 is 1.74 bits per heavy atom. The standard InChI is InChI=1S/C17H23FINO4S.C2H6/c1-3-23-15(21)11-13(16(20-25-19)17(22)24-4-2)8-5-12-6-9-14(18)10-7-12;1-2/h6-7,9-10,13,16,20H,3-5,8,11H2,1-2H3;1-2H3. The maximum Gasteiger partial charge on any atom is 0.324 e. The van der Waals surface area contributed by atoms with Gasteiger partial charge >= 0.3 is 11.9 Å². The molecule has 0 saturated carbocycles. The molecule has 5 nitrogen and oxygen atoms in total. The number of carbonyl (C=O) groups is 2. The maximum absolute atomic E-state index is 13.0. The average Bonchev–Trinajstić information content (AvgIpc) is 2.66. The summed E-state index contributed by atoms with van der Waals surface area (Å²) in [7, 11) is 1.27. The van der Waals surface area contributed by atoms with E-state index in [9.17, 15) is 14.0 Å². The van der Waals surface area contributed by atoms with Crippen molar-refractivity contribution in [2.24, 2.45) is 5.92 Å². The second-order valence-corrected chi connectivity index (χ2v) is 7.07. The van der Waals surface area contributed by atoms with Gasteiger partial charge in [0.1, 0.15) is 11.9 Å². The van der Waals surface area contributed by atoms with E-state index >= 15 is 0 Å². The Labute approximate surface area is 177 Å². The first-order valence-corrected chi connectivity index (χ1v) is 12.5. The molecule has 0 aromatic heterocycles. The number of hydrogen-bond acceptors (Lipinski definition) is 6. The van der Waals surface area contributed by atoms with Gasteiger partial charge in [-0.25, -0.2) is 9.11 Å². The number of rotatable bonds is 11. The molecule has 0 spiro atoms. The van der Waals surface area contributed by atoms with Crippen LogP contribution in [0.15, 0.2) is 24.3 Å². The van der Waals surface area contributed by atoms with Crippen LogP contribution in [0.2, 0.25) is 0 Å². The zero-order valence-electron chi connectivity index (χ0n) is 16.3. The van der Waals surface area contributed by atoms with Crippen LogP contribution in [0.3, 0.4) is 0 Å². The molecule has 2 unspecified atom stereocenters. The van der Waals surface area contributed by atoms with Crippen LogP contribution in [0, 0.1) is 11.7 Å². The van der Waals surface area contributed by atoms with Gasteiger partial charge in [-0.2, -0.15) is 0 Å². The molecule has 0 bridgehead atoms. The molecule has 0 saturated heterocycles. The molecule has 8 heteroatoms. The molecule has 2 atom stereocenters. The lowest BCUT2D eigenvalue weighted by Crippen LogP contribution is -2.41. The van der Waals surface area contributed by atoms with Crippen LogP contribution < -0.4 is 4.72 Å². The highest BCUT2D eigenvalue weighted by Crippen LogP contribution is 2.23. The topological polar surface area (TPSA) is 64.6 Å². The van der Waals surface area contributed by atoms with Crippen molar-refractivity contribution < 1.29 is 23.5 Å². The molecule has 0 heterocycles. The molecule has 1 N–H and O–H groups in total. The number of hydrogen-bond donors (Lipinski definition) is 1. The van der Waals surface area contributed by atoms with Gasteiger partial charge in [-0.15, -0.1) is 0 Å². The normalized spacial score (nSPS) is 12.4. The lowest BCUT2D eigenvalue weighted by atomic mass is 9.90. The summed E-state index contributed by atoms with van der Waals surface area (Å²) in [5.41, 5.74) is 0.944. The van der Waals surface area contributed by atoms with E-state index in [1.54, 1.807) is 26.0 Å². The average molecular weight is 513 g/mol. The predicted octanol–water partition coefficient (Wildman–Crippen LogP) is 4.87. The van der Waals surface area contributed by atoms with E-state index in [0.717, 1.165) is 5.56 Å². The lowest BCUT2D eigenvalue weighted by molar-refractivity contribution is -0.148. The molecule has 0 aliphatic rings. The summed E-state index contributed by atoms with van der Waals surface area (Å²) in [5.74, 6) is -1.31. The van der Waals surface area contributed by atoms with Gasteiger partial charge in [0.05, 0.1) is 19.6 Å². The third-order valence-electron chi connectivity index (χ3n) is 3.63. The quantitative estimate of drug-likeness (QED) is 0.259. The Kier molecular flexibility index (Phi) is 15.6. The van der Waals surface area contributed by atoms with Crippen molar-refractivity contribution in [3.05, 3.63) is 35.6 Å². The number of ether oxygens (including phenoxy) is 2. The largest absolute Gasteiger partial charge is 0.466 e. The molecule has 0 fully saturated rings. The Morgan fingerprint density at radius 1 is 1.15 bits per heavy atom. The minimum Gasteiger partial charge on any atom is -0.466 e. The molecule has 0 amide bonds. The monoisotopic (exact) mass is 513 g/mol. The van der Waals surface area contributed by atoms with Crippen LogP contribution in [0.1, 0.15) is 46.1 Å². The van der Waals surface area contributed by atoms with Crippen LogP contribution in [-0.2, 0) is 25.5 Å². The number of carbonyl (C=O) groups excluding carboxylic acids is 2. The zero-order chi connectivity index (χ0) is 20.7. The molecule has 1 aromatic rings. The highest BCUT2D eigenvalue weighted by Gasteiger charge is 2.31. The molecular formula is C19H29FINO4S. The van der Waals surface area contributed by atoms with Gasteiger partial charge in [-0.3, -0.25) is 9.59 Å². The van der Waals surface area contributed by atoms with Crippen molar-refractivity contribution in [3.63, 3.8) is 0 Å². The molecule has 0 aliphatic heterocycles. The van der Waals surface area contributed by atoms with Crippen LogP contribution in [0.25, 0.3) is 0 Å². The van der Waals surface area contributed by atoms with Crippen molar-refractivity contribution in [1.82, 2.24) is 4.72 Å². The van der Waals surface area contributed by atoms with Crippen molar-refractivity contribution >= 4 is 42.3 Å². The number of benzene rings is 1. The summed E-state index contributed by atoms with van der Waals surface area (Å²) in [5, 5.41) is 0. The number of esters is 2. The maximum atomic E-state index is 13.0. The van der Waals surface area contributed by atoms with Crippen LogP contribution in [-0.4, -0.2) is 31.2 Å². The number of nitrogens with one attached hydrogen (secondary N) is 1. The number of aryl methyl sites for hydroxylation is 1. The Hall–Kier alpha value is -0.870. The van der Waals surface area contributed by atoms with Gasteiger partial charge in [0.25, 0.3) is 0 Å². The molecule has 1 aromatic carbocycles. The van der Waals surface area contributed by atoms with E-state index in [1.807, 2.05) is 35.1 Å². The SMILES string of the molecule is CC.CCOC(=O)CC(CCc1ccc(F)cc1)C(NSI)C(=O)OCC. The van der Waals surface area contributed by atoms with Gasteiger partial charge in [0, 0.05) is 21.2 Å². The van der Waals surface area contributed by atoms with E-state index in [4.69, 9.17) is 9.47 Å². The first kappa shape index (κ1) is 26.1. The van der Waals surface area contributed by atoms with E-state index < -0.39 is 6.04 Å². The van der Waals surface area contributed by atoms with Gasteiger partial charge in [-0.1, -0.05) is 26.0 Å². The van der Waals surface area contributed by atoms with Gasteiger partial charge in [0.2, 0.25) is 0 Å². The summed E-state index contributed by atoms with van der Waals surface area (Å²) in [6, 6.07) is 5.59. The van der Waals surface area contributed by atoms with Crippen molar-refractivity contribution in [2.45, 2.75) is 53.0 Å². The fraction of sp³-hybridized carbons (Fsp3) is 0.579. The molecule has 1 rings (SSSR count). The summed E-state index contributed by atoms with van der Waals surface area (Å²) < 4.78 is 26.2. The Morgan fingerprint density at radius 3 is 2.26 bits per heavy atom. The molecule has 154 valence electrons. The van der Waals surface area contributed by atoms with Crippen molar-refractivity contribution in [3.8, 4) is 0 Å². The minimum atomic E-state index is -0.619. The van der Waals surface area contributed by atoms with E-state index in [-0.39, 0.29) is 36.7 Å². The third kappa shape index (κ3) is 10.9. The predicted molar refractivity (Wildman–Crippen MR) is 116 cm³/mol. The minimum absolute atomic E-state index is 0.114. The van der Waals surface area contributed by atoms with E-state index in [0.29, 0.717) is 19.4 Å². The highest BCUT2D eigenvalue weighted by molar-refractivity contribution is 14.2. The van der Waals surface area contributed by atoms with Crippen LogP contribution in [0.5, 0.6) is 0 Å². The van der Waals surface area contributed by atoms with Crippen molar-refractivity contribution in [2.75, 3.05) is 13.2 Å². The fourth-order valence-corrected chi connectivity index (χ4v) is 3.65. The van der Waals surface area contributed by atoms with Crippen molar-refractivity contribution in [1.29, 1.82) is 0 Å². The smallest absolute Gasteiger partial charge is 0.324 e. The molecular weight excluding hydrogens is 484 g/mol. The van der Waals surface area contributed by atoms with Crippen LogP contribution >= 0.6 is 30.3 Å². The van der Waals surface area contributed by atoms with Gasteiger partial charge < -0.3 is 9.47 Å². The second kappa shape index (κ2) is 16.1. The lowest BCUT2D eigenvalue weighted by Gasteiger charge is -2.25. The zero-order valence-corrected chi connectivity index (χ0v) is 19.3. The number of halogens is 2. The van der Waals surface area contributed by atoms with E-state index in [1.165, 1.54) is 21.3 Å².